The number of rotatable bonds is 8. The Bertz CT molecular complexity index is 1060. The van der Waals surface area contributed by atoms with Gasteiger partial charge in [0, 0.05) is 42.3 Å². The fourth-order valence-electron chi connectivity index (χ4n) is 3.44. The lowest BCUT2D eigenvalue weighted by Gasteiger charge is -2.27. The van der Waals surface area contributed by atoms with E-state index in [0.29, 0.717) is 37.3 Å². The first-order valence-electron chi connectivity index (χ1n) is 10.5. The van der Waals surface area contributed by atoms with Gasteiger partial charge < -0.3 is 24.7 Å². The number of aromatic amines is 1. The van der Waals surface area contributed by atoms with E-state index in [1.54, 1.807) is 12.3 Å². The number of hydrogen-bond donors (Lipinski definition) is 3. The van der Waals surface area contributed by atoms with Gasteiger partial charge in [-0.25, -0.2) is 4.98 Å². The van der Waals surface area contributed by atoms with Crippen LogP contribution in [-0.4, -0.2) is 67.7 Å². The molecular weight excluding hydrogens is 394 g/mol. The smallest absolute Gasteiger partial charge is 0.229 e. The van der Waals surface area contributed by atoms with Crippen LogP contribution in [0.1, 0.15) is 17.0 Å². The van der Waals surface area contributed by atoms with Gasteiger partial charge in [0.2, 0.25) is 11.8 Å². The number of H-pyrrole nitrogens is 1. The molecule has 0 unspecified atom stereocenters. The number of aryl methyl sites for hydroxylation is 2. The molecule has 3 N–H and O–H groups in total. The first-order valence-corrected chi connectivity index (χ1v) is 10.5. The van der Waals surface area contributed by atoms with Crippen LogP contribution in [0.3, 0.4) is 0 Å². The number of ether oxygens (including phenoxy) is 2. The Morgan fingerprint density at radius 2 is 2.06 bits per heavy atom. The topological polar surface area (TPSA) is 99.7 Å². The summed E-state index contributed by atoms with van der Waals surface area (Å²) in [5.41, 5.74) is 8.25. The third-order valence-electron chi connectivity index (χ3n) is 5.31. The number of benzene rings is 1. The van der Waals surface area contributed by atoms with Crippen LogP contribution in [0.2, 0.25) is 0 Å². The van der Waals surface area contributed by atoms with E-state index in [1.807, 2.05) is 13.1 Å². The first kappa shape index (κ1) is 21.1. The maximum atomic E-state index is 5.79. The second kappa shape index (κ2) is 9.76. The van der Waals surface area contributed by atoms with E-state index >= 15 is 0 Å². The predicted octanol–water partition coefficient (Wildman–Crippen LogP) is 2.46. The number of aromatic nitrogens is 3. The number of hydrazone groups is 1. The molecule has 0 atom stereocenters. The quantitative estimate of drug-likeness (QED) is 0.291. The molecule has 4 rings (SSSR count). The number of fused-ring (bicyclic) bond motifs is 1. The second-order valence-electron chi connectivity index (χ2n) is 7.49. The number of nitrogens with one attached hydrogen (secondary N) is 3. The molecule has 1 aliphatic heterocycles. The van der Waals surface area contributed by atoms with Gasteiger partial charge in [0.25, 0.3) is 0 Å². The van der Waals surface area contributed by atoms with Crippen molar-refractivity contribution in [3.8, 4) is 5.88 Å². The molecule has 1 aliphatic rings. The lowest BCUT2D eigenvalue weighted by Crippen LogP contribution is -2.37. The van der Waals surface area contributed by atoms with E-state index in [9.17, 15) is 0 Å². The Balaban J connectivity index is 1.52. The van der Waals surface area contributed by atoms with Crippen LogP contribution < -0.4 is 20.4 Å². The highest BCUT2D eigenvalue weighted by molar-refractivity contribution is 5.87. The van der Waals surface area contributed by atoms with Gasteiger partial charge in [-0.1, -0.05) is 0 Å². The van der Waals surface area contributed by atoms with Crippen molar-refractivity contribution in [1.29, 1.82) is 0 Å². The minimum atomic E-state index is 0.528. The van der Waals surface area contributed by atoms with Gasteiger partial charge >= 0.3 is 0 Å². The van der Waals surface area contributed by atoms with Gasteiger partial charge in [-0.2, -0.15) is 10.1 Å². The minimum Gasteiger partial charge on any atom is -0.476 e. The van der Waals surface area contributed by atoms with Crippen LogP contribution in [-0.2, 0) is 4.74 Å². The van der Waals surface area contributed by atoms with Crippen molar-refractivity contribution >= 4 is 28.8 Å². The molecule has 1 saturated heterocycles. The molecular formula is C22H29N7O2. The molecule has 0 saturated carbocycles. The molecule has 9 heteroatoms. The number of hydrogen-bond acceptors (Lipinski definition) is 8. The molecule has 31 heavy (non-hydrogen) atoms. The molecule has 1 aromatic carbocycles. The summed E-state index contributed by atoms with van der Waals surface area (Å²) in [5, 5.41) is 8.65. The summed E-state index contributed by atoms with van der Waals surface area (Å²) in [5.74, 6) is 1.17. The van der Waals surface area contributed by atoms with Gasteiger partial charge in [0.15, 0.2) is 0 Å². The van der Waals surface area contributed by atoms with Crippen LogP contribution >= 0.6 is 0 Å². The average molecular weight is 424 g/mol. The summed E-state index contributed by atoms with van der Waals surface area (Å²) >= 11 is 0. The molecule has 164 valence electrons. The van der Waals surface area contributed by atoms with Crippen molar-refractivity contribution < 1.29 is 9.47 Å². The van der Waals surface area contributed by atoms with E-state index in [4.69, 9.17) is 9.47 Å². The molecule has 0 amide bonds. The Labute approximate surface area is 181 Å². The monoisotopic (exact) mass is 423 g/mol. The lowest BCUT2D eigenvalue weighted by molar-refractivity contribution is 0.122. The van der Waals surface area contributed by atoms with Gasteiger partial charge in [-0.05, 0) is 44.7 Å². The standard InChI is InChI=1S/C22H29N7O2/c1-15-16(2)25-20-5-4-17(12-19(15)20)28-24-14-18-13-21(31-9-6-23-3)27-22(26-18)29-7-10-30-11-8-29/h4-5,12-14,23,25,28H,6-11H2,1-3H3. The lowest BCUT2D eigenvalue weighted by atomic mass is 10.1. The summed E-state index contributed by atoms with van der Waals surface area (Å²) in [6.45, 7) is 8.31. The van der Waals surface area contributed by atoms with Crippen molar-refractivity contribution in [1.82, 2.24) is 20.3 Å². The van der Waals surface area contributed by atoms with Gasteiger partial charge in [-0.15, -0.1) is 0 Å². The highest BCUT2D eigenvalue weighted by Crippen LogP contribution is 2.24. The highest BCUT2D eigenvalue weighted by Gasteiger charge is 2.16. The fraction of sp³-hybridized carbons (Fsp3) is 0.409. The number of nitrogens with zero attached hydrogens (tertiary/aromatic N) is 4. The van der Waals surface area contributed by atoms with Gasteiger partial charge in [0.1, 0.15) is 6.61 Å². The Kier molecular flexibility index (Phi) is 6.63. The van der Waals surface area contributed by atoms with Crippen LogP contribution in [0.4, 0.5) is 11.6 Å². The first-order chi connectivity index (χ1) is 15.1. The Morgan fingerprint density at radius 3 is 2.87 bits per heavy atom. The molecule has 0 bridgehead atoms. The number of morpholine rings is 1. The van der Waals surface area contributed by atoms with E-state index < -0.39 is 0 Å². The highest BCUT2D eigenvalue weighted by atomic mass is 16.5. The summed E-state index contributed by atoms with van der Waals surface area (Å²) < 4.78 is 11.2. The van der Waals surface area contributed by atoms with Gasteiger partial charge in [-0.3, -0.25) is 5.43 Å². The fourth-order valence-corrected chi connectivity index (χ4v) is 3.44. The normalized spacial score (nSPS) is 14.5. The molecule has 0 spiro atoms. The van der Waals surface area contributed by atoms with Crippen LogP contribution in [0.25, 0.3) is 10.9 Å². The molecule has 2 aromatic heterocycles. The molecule has 0 radical (unpaired) electrons. The van der Waals surface area contributed by atoms with Crippen molar-refractivity contribution in [3.63, 3.8) is 0 Å². The Hall–Kier alpha value is -3.17. The predicted molar refractivity (Wildman–Crippen MR) is 123 cm³/mol. The average Bonchev–Trinajstić information content (AvgIpc) is 3.08. The third-order valence-corrected chi connectivity index (χ3v) is 5.31. The van der Waals surface area contributed by atoms with Crippen LogP contribution in [0, 0.1) is 13.8 Å². The van der Waals surface area contributed by atoms with Crippen LogP contribution in [0.15, 0.2) is 29.4 Å². The number of likely N-dealkylation sites (N-methyl/N-ethyl adjacent to an activating group) is 1. The van der Waals surface area contributed by atoms with Crippen molar-refractivity contribution in [2.45, 2.75) is 13.8 Å². The zero-order valence-electron chi connectivity index (χ0n) is 18.2. The summed E-state index contributed by atoms with van der Waals surface area (Å²) in [7, 11) is 1.89. The van der Waals surface area contributed by atoms with E-state index in [1.165, 1.54) is 16.6 Å². The zero-order chi connectivity index (χ0) is 21.6. The van der Waals surface area contributed by atoms with Gasteiger partial charge in [0.05, 0.1) is 30.8 Å². The van der Waals surface area contributed by atoms with Crippen LogP contribution in [0.5, 0.6) is 5.88 Å². The molecule has 9 nitrogen and oxygen atoms in total. The molecule has 3 aromatic rings. The van der Waals surface area contributed by atoms with E-state index in [-0.39, 0.29) is 0 Å². The largest absolute Gasteiger partial charge is 0.476 e. The zero-order valence-corrected chi connectivity index (χ0v) is 18.2. The second-order valence-corrected chi connectivity index (χ2v) is 7.49. The minimum absolute atomic E-state index is 0.528. The maximum absolute atomic E-state index is 5.79. The summed E-state index contributed by atoms with van der Waals surface area (Å²) in [6.07, 6.45) is 1.69. The summed E-state index contributed by atoms with van der Waals surface area (Å²) in [6, 6.07) is 7.95. The van der Waals surface area contributed by atoms with Crippen molar-refractivity contribution in [3.05, 3.63) is 41.2 Å². The van der Waals surface area contributed by atoms with Crippen molar-refractivity contribution in [2.24, 2.45) is 5.10 Å². The van der Waals surface area contributed by atoms with E-state index in [0.717, 1.165) is 30.8 Å². The maximum Gasteiger partial charge on any atom is 0.229 e. The molecule has 0 aliphatic carbocycles. The third kappa shape index (κ3) is 5.12. The Morgan fingerprint density at radius 1 is 1.23 bits per heavy atom. The number of anilines is 2. The summed E-state index contributed by atoms with van der Waals surface area (Å²) in [4.78, 5) is 14.7. The molecule has 3 heterocycles. The van der Waals surface area contributed by atoms with E-state index in [2.05, 4.69) is 61.7 Å². The SMILES string of the molecule is CNCCOc1cc(C=NNc2ccc3[nH]c(C)c(C)c3c2)nc(N2CCOCC2)n1. The van der Waals surface area contributed by atoms with Crippen molar-refractivity contribution in [2.75, 3.05) is 56.8 Å². The molecule has 1 fully saturated rings.